The van der Waals surface area contributed by atoms with Gasteiger partial charge in [0.1, 0.15) is 6.10 Å². The summed E-state index contributed by atoms with van der Waals surface area (Å²) >= 11 is 0. The van der Waals surface area contributed by atoms with E-state index in [1.54, 1.807) is 29.2 Å². The molecule has 3 aromatic rings. The van der Waals surface area contributed by atoms with Gasteiger partial charge in [0.25, 0.3) is 5.91 Å². The van der Waals surface area contributed by atoms with E-state index in [9.17, 15) is 19.2 Å². The van der Waals surface area contributed by atoms with Crippen molar-refractivity contribution in [2.45, 2.75) is 26.0 Å². The number of morpholine rings is 1. The SMILES string of the molecule is Cc1ccc(C(=O)COC(=O)c2ccc(NC(=O)CC3OCCN(Cc4ccccc4)C3=O)cc2)cc1. The number of rotatable bonds is 9. The monoisotopic (exact) mass is 500 g/mol. The molecule has 1 N–H and O–H groups in total. The molecule has 4 rings (SSSR count). The van der Waals surface area contributed by atoms with Gasteiger partial charge in [-0.2, -0.15) is 0 Å². The lowest BCUT2D eigenvalue weighted by molar-refractivity contribution is -0.155. The number of esters is 1. The van der Waals surface area contributed by atoms with E-state index in [1.807, 2.05) is 49.4 Å². The Bertz CT molecular complexity index is 1260. The van der Waals surface area contributed by atoms with Gasteiger partial charge in [0.15, 0.2) is 12.4 Å². The molecule has 1 unspecified atom stereocenters. The number of Topliss-reactive ketones (excluding diaryl/α,β-unsaturated/α-hetero) is 1. The van der Waals surface area contributed by atoms with Crippen LogP contribution in [0.1, 0.15) is 38.3 Å². The van der Waals surface area contributed by atoms with Crippen LogP contribution in [0.2, 0.25) is 0 Å². The van der Waals surface area contributed by atoms with Crippen LogP contribution in [0.4, 0.5) is 5.69 Å². The number of carbonyl (C=O) groups is 4. The van der Waals surface area contributed by atoms with Crippen molar-refractivity contribution in [1.82, 2.24) is 4.90 Å². The first-order valence-electron chi connectivity index (χ1n) is 12.0. The standard InChI is InChI=1S/C29H28N2O6/c1-20-7-9-22(10-8-20)25(32)19-37-29(35)23-11-13-24(14-12-23)30-27(33)17-26-28(34)31(15-16-36-26)18-21-5-3-2-4-6-21/h2-14,26H,15-19H2,1H3,(H,30,33). The van der Waals surface area contributed by atoms with Gasteiger partial charge in [-0.05, 0) is 36.8 Å². The minimum Gasteiger partial charge on any atom is -0.454 e. The van der Waals surface area contributed by atoms with E-state index in [-0.39, 0.29) is 36.2 Å². The van der Waals surface area contributed by atoms with Gasteiger partial charge in [-0.3, -0.25) is 14.4 Å². The number of anilines is 1. The summed E-state index contributed by atoms with van der Waals surface area (Å²) in [6, 6.07) is 22.8. The Morgan fingerprint density at radius 3 is 2.32 bits per heavy atom. The quantitative estimate of drug-likeness (QED) is 0.354. The number of benzene rings is 3. The summed E-state index contributed by atoms with van der Waals surface area (Å²) in [6.45, 7) is 2.86. The van der Waals surface area contributed by atoms with Gasteiger partial charge in [0, 0.05) is 24.3 Å². The molecule has 0 saturated carbocycles. The van der Waals surface area contributed by atoms with Crippen molar-refractivity contribution < 1.29 is 28.7 Å². The topological polar surface area (TPSA) is 102 Å². The molecule has 2 amide bonds. The molecular weight excluding hydrogens is 472 g/mol. The number of nitrogens with one attached hydrogen (secondary N) is 1. The molecule has 3 aromatic carbocycles. The van der Waals surface area contributed by atoms with Crippen LogP contribution in [0.25, 0.3) is 0 Å². The van der Waals surface area contributed by atoms with Crippen LogP contribution in [0.3, 0.4) is 0 Å². The highest BCUT2D eigenvalue weighted by Crippen LogP contribution is 2.16. The molecule has 0 aliphatic carbocycles. The van der Waals surface area contributed by atoms with Crippen molar-refractivity contribution in [3.05, 3.63) is 101 Å². The highest BCUT2D eigenvalue weighted by molar-refractivity contribution is 5.99. The molecule has 8 nitrogen and oxygen atoms in total. The Morgan fingerprint density at radius 2 is 1.62 bits per heavy atom. The summed E-state index contributed by atoms with van der Waals surface area (Å²) in [7, 11) is 0. The Morgan fingerprint density at radius 1 is 0.946 bits per heavy atom. The molecule has 1 saturated heterocycles. The molecule has 1 heterocycles. The Hall–Kier alpha value is -4.30. The molecule has 0 radical (unpaired) electrons. The molecule has 0 bridgehead atoms. The summed E-state index contributed by atoms with van der Waals surface area (Å²) in [5.41, 5.74) is 3.22. The Balaban J connectivity index is 1.25. The predicted molar refractivity (Wildman–Crippen MR) is 137 cm³/mol. The number of nitrogens with zero attached hydrogens (tertiary/aromatic N) is 1. The zero-order valence-corrected chi connectivity index (χ0v) is 20.5. The van der Waals surface area contributed by atoms with Crippen molar-refractivity contribution in [3.63, 3.8) is 0 Å². The first kappa shape index (κ1) is 25.8. The highest BCUT2D eigenvalue weighted by atomic mass is 16.5. The van der Waals surface area contributed by atoms with Gasteiger partial charge >= 0.3 is 5.97 Å². The average Bonchev–Trinajstić information content (AvgIpc) is 2.91. The number of amides is 2. The maximum absolute atomic E-state index is 12.8. The van der Waals surface area contributed by atoms with E-state index in [0.29, 0.717) is 30.9 Å². The fourth-order valence-electron chi connectivity index (χ4n) is 3.90. The predicted octanol–water partition coefficient (Wildman–Crippen LogP) is 3.79. The zero-order chi connectivity index (χ0) is 26.2. The number of aryl methyl sites for hydroxylation is 1. The van der Waals surface area contributed by atoms with Crippen LogP contribution >= 0.6 is 0 Å². The third-order valence-corrected chi connectivity index (χ3v) is 5.97. The van der Waals surface area contributed by atoms with E-state index in [0.717, 1.165) is 11.1 Å². The Labute approximate surface area is 215 Å². The van der Waals surface area contributed by atoms with Gasteiger partial charge in [0.2, 0.25) is 5.91 Å². The highest BCUT2D eigenvalue weighted by Gasteiger charge is 2.31. The van der Waals surface area contributed by atoms with Crippen LogP contribution in [0, 0.1) is 6.92 Å². The summed E-state index contributed by atoms with van der Waals surface area (Å²) in [6.07, 6.45) is -0.965. The van der Waals surface area contributed by atoms with Gasteiger partial charge in [-0.25, -0.2) is 4.79 Å². The summed E-state index contributed by atoms with van der Waals surface area (Å²) in [5, 5.41) is 2.72. The minimum atomic E-state index is -0.849. The fourth-order valence-corrected chi connectivity index (χ4v) is 3.90. The normalized spacial score (nSPS) is 15.2. The number of hydrogen-bond donors (Lipinski definition) is 1. The molecule has 190 valence electrons. The second kappa shape index (κ2) is 12.1. The smallest absolute Gasteiger partial charge is 0.338 e. The van der Waals surface area contributed by atoms with Gasteiger partial charge in [-0.1, -0.05) is 60.2 Å². The third kappa shape index (κ3) is 7.11. The van der Waals surface area contributed by atoms with Crippen molar-refractivity contribution in [2.24, 2.45) is 0 Å². The van der Waals surface area contributed by atoms with Crippen molar-refractivity contribution in [1.29, 1.82) is 0 Å². The maximum atomic E-state index is 12.8. The van der Waals surface area contributed by atoms with Crippen LogP contribution in [-0.4, -0.2) is 54.3 Å². The second-order valence-electron chi connectivity index (χ2n) is 8.80. The fraction of sp³-hybridized carbons (Fsp3) is 0.241. The van der Waals surface area contributed by atoms with E-state index in [4.69, 9.17) is 9.47 Å². The van der Waals surface area contributed by atoms with Crippen LogP contribution in [0.5, 0.6) is 0 Å². The van der Waals surface area contributed by atoms with Gasteiger partial charge in [-0.15, -0.1) is 0 Å². The molecule has 37 heavy (non-hydrogen) atoms. The molecule has 8 heteroatoms. The largest absolute Gasteiger partial charge is 0.454 e. The zero-order valence-electron chi connectivity index (χ0n) is 20.5. The van der Waals surface area contributed by atoms with Gasteiger partial charge < -0.3 is 19.7 Å². The third-order valence-electron chi connectivity index (χ3n) is 5.97. The molecular formula is C29H28N2O6. The van der Waals surface area contributed by atoms with Crippen LogP contribution in [0.15, 0.2) is 78.9 Å². The number of hydrogen-bond acceptors (Lipinski definition) is 6. The average molecular weight is 501 g/mol. The lowest BCUT2D eigenvalue weighted by Gasteiger charge is -2.32. The summed E-state index contributed by atoms with van der Waals surface area (Å²) < 4.78 is 10.7. The number of carbonyl (C=O) groups excluding carboxylic acids is 4. The minimum absolute atomic E-state index is 0.116. The molecule has 1 aliphatic heterocycles. The van der Waals surface area contributed by atoms with Crippen molar-refractivity contribution >= 4 is 29.3 Å². The van der Waals surface area contributed by atoms with Crippen molar-refractivity contribution in [2.75, 3.05) is 25.1 Å². The summed E-state index contributed by atoms with van der Waals surface area (Å²) in [5.74, 6) is -1.53. The molecule has 0 aromatic heterocycles. The second-order valence-corrected chi connectivity index (χ2v) is 8.80. The van der Waals surface area contributed by atoms with E-state index < -0.39 is 12.1 Å². The Kier molecular flexibility index (Phi) is 8.43. The van der Waals surface area contributed by atoms with E-state index in [1.165, 1.54) is 12.1 Å². The number of ether oxygens (including phenoxy) is 2. The summed E-state index contributed by atoms with van der Waals surface area (Å²) in [4.78, 5) is 51.6. The lowest BCUT2D eigenvalue weighted by Crippen LogP contribution is -2.48. The molecule has 1 atom stereocenters. The van der Waals surface area contributed by atoms with Crippen LogP contribution in [-0.2, 0) is 25.6 Å². The first-order valence-corrected chi connectivity index (χ1v) is 12.0. The molecule has 1 aliphatic rings. The lowest BCUT2D eigenvalue weighted by atomic mass is 10.1. The van der Waals surface area contributed by atoms with Crippen LogP contribution < -0.4 is 5.32 Å². The first-order chi connectivity index (χ1) is 17.9. The maximum Gasteiger partial charge on any atom is 0.338 e. The molecule has 0 spiro atoms. The molecule has 1 fully saturated rings. The number of ketones is 1. The van der Waals surface area contributed by atoms with Gasteiger partial charge in [0.05, 0.1) is 18.6 Å². The van der Waals surface area contributed by atoms with Crippen molar-refractivity contribution in [3.8, 4) is 0 Å². The van der Waals surface area contributed by atoms with E-state index >= 15 is 0 Å². The van der Waals surface area contributed by atoms with E-state index in [2.05, 4.69) is 5.32 Å².